The van der Waals surface area contributed by atoms with Crippen LogP contribution in [0.2, 0.25) is 10.0 Å². The lowest BCUT2D eigenvalue weighted by atomic mass is 10.1. The minimum atomic E-state index is -4.71. The Kier molecular flexibility index (Phi) is 6.49. The summed E-state index contributed by atoms with van der Waals surface area (Å²) in [6, 6.07) is 14.4. The van der Waals surface area contributed by atoms with Crippen LogP contribution in [0.15, 0.2) is 71.6 Å². The first-order valence-electron chi connectivity index (χ1n) is 8.53. The minimum Gasteiger partial charge on any atom is -0.322 e. The number of hydrogen-bond acceptors (Lipinski definition) is 3. The normalized spacial score (nSPS) is 11.8. The molecule has 0 heterocycles. The number of anilines is 2. The summed E-state index contributed by atoms with van der Waals surface area (Å²) in [7, 11) is -4.13. The molecule has 0 aliphatic carbocycles. The lowest BCUT2D eigenvalue weighted by molar-refractivity contribution is -0.137. The third-order valence-electron chi connectivity index (χ3n) is 4.04. The summed E-state index contributed by atoms with van der Waals surface area (Å²) in [4.78, 5) is 12.2. The van der Waals surface area contributed by atoms with Crippen molar-refractivity contribution in [2.45, 2.75) is 11.1 Å². The molecule has 0 aliphatic rings. The quantitative estimate of drug-likeness (QED) is 0.457. The van der Waals surface area contributed by atoms with Gasteiger partial charge in [0.25, 0.3) is 15.9 Å². The number of alkyl halides is 3. The highest BCUT2D eigenvalue weighted by Gasteiger charge is 2.33. The molecule has 5 nitrogen and oxygen atoms in total. The van der Waals surface area contributed by atoms with Crippen LogP contribution in [0.3, 0.4) is 0 Å². The average molecular weight is 489 g/mol. The van der Waals surface area contributed by atoms with Crippen molar-refractivity contribution in [1.29, 1.82) is 0 Å². The second-order valence-electron chi connectivity index (χ2n) is 6.26. The molecule has 3 aromatic carbocycles. The molecule has 3 aromatic rings. The molecular weight excluding hydrogens is 476 g/mol. The number of rotatable bonds is 5. The fraction of sp³-hybridized carbons (Fsp3) is 0.0500. The number of benzene rings is 3. The van der Waals surface area contributed by atoms with E-state index >= 15 is 0 Å². The molecule has 1 amide bonds. The van der Waals surface area contributed by atoms with E-state index in [9.17, 15) is 26.4 Å². The molecule has 0 unspecified atom stereocenters. The predicted molar refractivity (Wildman–Crippen MR) is 113 cm³/mol. The number of carbonyl (C=O) groups is 1. The Hall–Kier alpha value is -2.75. The van der Waals surface area contributed by atoms with Gasteiger partial charge in [0.1, 0.15) is 4.90 Å². The Labute approximate surface area is 185 Å². The van der Waals surface area contributed by atoms with E-state index in [0.29, 0.717) is 6.07 Å². The van der Waals surface area contributed by atoms with Gasteiger partial charge < -0.3 is 5.32 Å². The van der Waals surface area contributed by atoms with E-state index in [1.807, 2.05) is 0 Å². The number of amides is 1. The van der Waals surface area contributed by atoms with E-state index < -0.39 is 32.7 Å². The first-order chi connectivity index (χ1) is 14.5. The van der Waals surface area contributed by atoms with Crippen molar-refractivity contribution in [2.24, 2.45) is 0 Å². The average Bonchev–Trinajstić information content (AvgIpc) is 2.69. The summed E-state index contributed by atoms with van der Waals surface area (Å²) in [6.45, 7) is 0. The van der Waals surface area contributed by atoms with Crippen molar-refractivity contribution in [3.8, 4) is 0 Å². The maximum Gasteiger partial charge on any atom is 0.417 e. The van der Waals surface area contributed by atoms with Gasteiger partial charge in [-0.25, -0.2) is 8.42 Å². The molecule has 162 valence electrons. The van der Waals surface area contributed by atoms with E-state index in [4.69, 9.17) is 23.2 Å². The second kappa shape index (κ2) is 8.78. The molecule has 31 heavy (non-hydrogen) atoms. The van der Waals surface area contributed by atoms with E-state index in [2.05, 4.69) is 10.0 Å². The smallest absolute Gasteiger partial charge is 0.322 e. The van der Waals surface area contributed by atoms with E-state index in [1.165, 1.54) is 30.3 Å². The van der Waals surface area contributed by atoms with Gasteiger partial charge in [-0.05, 0) is 48.5 Å². The van der Waals surface area contributed by atoms with Gasteiger partial charge >= 0.3 is 6.18 Å². The van der Waals surface area contributed by atoms with E-state index in [-0.39, 0.29) is 26.9 Å². The maximum absolute atomic E-state index is 13.0. The van der Waals surface area contributed by atoms with Crippen molar-refractivity contribution in [3.63, 3.8) is 0 Å². The third-order valence-corrected chi connectivity index (χ3v) is 6.23. The van der Waals surface area contributed by atoms with Gasteiger partial charge in [0.15, 0.2) is 0 Å². The van der Waals surface area contributed by atoms with Crippen molar-refractivity contribution in [1.82, 2.24) is 0 Å². The van der Waals surface area contributed by atoms with Crippen molar-refractivity contribution in [2.75, 3.05) is 10.0 Å². The molecule has 0 saturated carbocycles. The Morgan fingerprint density at radius 2 is 1.48 bits per heavy atom. The van der Waals surface area contributed by atoms with Gasteiger partial charge in [-0.3, -0.25) is 9.52 Å². The fourth-order valence-electron chi connectivity index (χ4n) is 2.59. The first kappa shape index (κ1) is 22.9. The molecule has 0 aromatic heterocycles. The largest absolute Gasteiger partial charge is 0.417 e. The molecule has 0 bridgehead atoms. The van der Waals surface area contributed by atoms with Crippen LogP contribution in [0.25, 0.3) is 0 Å². The highest BCUT2D eigenvalue weighted by atomic mass is 35.5. The highest BCUT2D eigenvalue weighted by molar-refractivity contribution is 7.92. The molecule has 0 radical (unpaired) electrons. The van der Waals surface area contributed by atoms with Crippen LogP contribution in [0, 0.1) is 0 Å². The molecule has 0 fully saturated rings. The third kappa shape index (κ3) is 5.49. The van der Waals surface area contributed by atoms with Gasteiger partial charge in [-0.2, -0.15) is 13.2 Å². The van der Waals surface area contributed by atoms with Crippen LogP contribution >= 0.6 is 23.2 Å². The zero-order valence-corrected chi connectivity index (χ0v) is 17.7. The molecule has 2 N–H and O–H groups in total. The SMILES string of the molecule is O=C(Nc1ccc(Cl)c(C(F)(F)F)c1)c1ccc(Cl)c(S(=O)(=O)Nc2ccccc2)c1. The number of nitrogens with one attached hydrogen (secondary N) is 2. The van der Waals surface area contributed by atoms with E-state index in [1.54, 1.807) is 18.2 Å². The minimum absolute atomic E-state index is 0.124. The Balaban J connectivity index is 1.89. The topological polar surface area (TPSA) is 75.3 Å². The summed E-state index contributed by atoms with van der Waals surface area (Å²) >= 11 is 11.6. The number of para-hydroxylation sites is 1. The van der Waals surface area contributed by atoms with Crippen LogP contribution in [-0.4, -0.2) is 14.3 Å². The summed E-state index contributed by atoms with van der Waals surface area (Å²) in [5.74, 6) is -0.830. The van der Waals surface area contributed by atoms with Gasteiger partial charge in [-0.1, -0.05) is 41.4 Å². The zero-order chi connectivity index (χ0) is 22.8. The standard InChI is InChI=1S/C20H13Cl2F3N2O3S/c21-16-9-7-14(11-15(16)20(23,24)25)26-19(28)12-6-8-17(22)18(10-12)31(29,30)27-13-4-2-1-3-5-13/h1-11,27H,(H,26,28). The van der Waals surface area contributed by atoms with Crippen molar-refractivity contribution < 1.29 is 26.4 Å². The van der Waals surface area contributed by atoms with Crippen LogP contribution in [0.4, 0.5) is 24.5 Å². The van der Waals surface area contributed by atoms with Gasteiger partial charge in [0.05, 0.1) is 15.6 Å². The molecule has 0 aliphatic heterocycles. The maximum atomic E-state index is 13.0. The zero-order valence-electron chi connectivity index (χ0n) is 15.4. The Bertz CT molecular complexity index is 1230. The predicted octanol–water partition coefficient (Wildman–Crippen LogP) is 6.07. The molecule has 0 saturated heterocycles. The number of hydrogen-bond donors (Lipinski definition) is 2. The molecule has 0 atom stereocenters. The van der Waals surface area contributed by atoms with Crippen molar-refractivity contribution >= 4 is 50.5 Å². The van der Waals surface area contributed by atoms with Crippen LogP contribution in [0.5, 0.6) is 0 Å². The number of halogens is 5. The highest BCUT2D eigenvalue weighted by Crippen LogP contribution is 2.36. The second-order valence-corrected chi connectivity index (χ2v) is 8.73. The van der Waals surface area contributed by atoms with Gasteiger partial charge in [0, 0.05) is 16.9 Å². The summed E-state index contributed by atoms with van der Waals surface area (Å²) < 4.78 is 66.7. The first-order valence-corrected chi connectivity index (χ1v) is 10.8. The summed E-state index contributed by atoms with van der Waals surface area (Å²) in [5, 5.41) is 1.64. The Morgan fingerprint density at radius 3 is 2.13 bits per heavy atom. The number of carbonyl (C=O) groups excluding carboxylic acids is 1. The molecule has 3 rings (SSSR count). The Morgan fingerprint density at radius 1 is 0.839 bits per heavy atom. The lowest BCUT2D eigenvalue weighted by Crippen LogP contribution is -2.17. The lowest BCUT2D eigenvalue weighted by Gasteiger charge is -2.13. The van der Waals surface area contributed by atoms with Crippen LogP contribution in [0.1, 0.15) is 15.9 Å². The van der Waals surface area contributed by atoms with E-state index in [0.717, 1.165) is 12.1 Å². The monoisotopic (exact) mass is 488 g/mol. The van der Waals surface area contributed by atoms with Crippen molar-refractivity contribution in [3.05, 3.63) is 87.9 Å². The molecule has 0 spiro atoms. The fourth-order valence-corrected chi connectivity index (χ4v) is 4.40. The summed E-state index contributed by atoms with van der Waals surface area (Å²) in [5.41, 5.74) is -1.11. The van der Waals surface area contributed by atoms with Crippen LogP contribution < -0.4 is 10.0 Å². The van der Waals surface area contributed by atoms with Gasteiger partial charge in [0.2, 0.25) is 0 Å². The summed E-state index contributed by atoms with van der Waals surface area (Å²) in [6.07, 6.45) is -4.71. The number of sulfonamides is 1. The van der Waals surface area contributed by atoms with Crippen LogP contribution in [-0.2, 0) is 16.2 Å². The molecular formula is C20H13Cl2F3N2O3S. The molecule has 11 heteroatoms. The van der Waals surface area contributed by atoms with Gasteiger partial charge in [-0.15, -0.1) is 0 Å².